The van der Waals surface area contributed by atoms with Gasteiger partial charge in [-0.3, -0.25) is 0 Å². The molecule has 4 rings (SSSR count). The van der Waals surface area contributed by atoms with Crippen LogP contribution in [-0.4, -0.2) is 50.9 Å². The lowest BCUT2D eigenvalue weighted by Gasteiger charge is -2.20. The minimum atomic E-state index is -3.56. The van der Waals surface area contributed by atoms with E-state index in [4.69, 9.17) is 9.47 Å². The fourth-order valence-electron chi connectivity index (χ4n) is 4.77. The molecule has 2 aromatic rings. The first-order valence-electron chi connectivity index (χ1n) is 12.6. The molecule has 2 fully saturated rings. The van der Waals surface area contributed by atoms with E-state index in [1.807, 2.05) is 20.8 Å². The number of halogens is 1. The normalized spacial score (nSPS) is 22.1. The highest BCUT2D eigenvalue weighted by molar-refractivity contribution is 7.90. The first-order valence-corrected chi connectivity index (χ1v) is 14.5. The van der Waals surface area contributed by atoms with Crippen molar-refractivity contribution in [3.8, 4) is 5.75 Å². The average molecular weight is 508 g/mol. The van der Waals surface area contributed by atoms with Gasteiger partial charge >= 0.3 is 0 Å². The molecule has 3 atom stereocenters. The Kier molecular flexibility index (Phi) is 9.86. The molecule has 3 unspecified atom stereocenters. The van der Waals surface area contributed by atoms with Gasteiger partial charge in [-0.15, -0.1) is 0 Å². The predicted molar refractivity (Wildman–Crippen MR) is 135 cm³/mol. The first kappa shape index (κ1) is 27.3. The Morgan fingerprint density at radius 3 is 2.54 bits per heavy atom. The third-order valence-electron chi connectivity index (χ3n) is 6.56. The van der Waals surface area contributed by atoms with Crippen LogP contribution in [0.15, 0.2) is 35.5 Å². The molecule has 2 aliphatic rings. The van der Waals surface area contributed by atoms with Crippen molar-refractivity contribution >= 4 is 15.8 Å². The Hall–Kier alpha value is -2.26. The SMILES string of the molecule is CC.CCOc1cnc(N2CCCC(C3CC3COCc3ccc(S(C)(=O)=O)c(F)c3)CC2)nc1. The molecule has 1 aromatic heterocycles. The monoisotopic (exact) mass is 507 g/mol. The predicted octanol–water partition coefficient (Wildman–Crippen LogP) is 4.90. The van der Waals surface area contributed by atoms with Crippen LogP contribution < -0.4 is 9.64 Å². The van der Waals surface area contributed by atoms with Gasteiger partial charge in [-0.1, -0.05) is 19.9 Å². The van der Waals surface area contributed by atoms with Crippen molar-refractivity contribution < 1.29 is 22.3 Å². The Bertz CT molecular complexity index is 1050. The maximum atomic E-state index is 14.0. The molecule has 1 saturated carbocycles. The van der Waals surface area contributed by atoms with E-state index in [-0.39, 0.29) is 11.5 Å². The molecule has 1 saturated heterocycles. The Labute approximate surface area is 209 Å². The lowest BCUT2D eigenvalue weighted by Crippen LogP contribution is -2.26. The van der Waals surface area contributed by atoms with Crippen LogP contribution in [0.3, 0.4) is 0 Å². The molecule has 0 spiro atoms. The van der Waals surface area contributed by atoms with E-state index in [0.717, 1.165) is 38.1 Å². The third kappa shape index (κ3) is 7.61. The van der Waals surface area contributed by atoms with Crippen molar-refractivity contribution in [3.63, 3.8) is 0 Å². The van der Waals surface area contributed by atoms with Gasteiger partial charge in [0, 0.05) is 19.3 Å². The lowest BCUT2D eigenvalue weighted by molar-refractivity contribution is 0.104. The molecular weight excluding hydrogens is 469 g/mol. The number of benzene rings is 1. The van der Waals surface area contributed by atoms with Gasteiger partial charge in [0.2, 0.25) is 5.95 Å². The molecule has 1 aliphatic heterocycles. The van der Waals surface area contributed by atoms with Crippen LogP contribution in [0.4, 0.5) is 10.3 Å². The van der Waals surface area contributed by atoms with Crippen molar-refractivity contribution in [1.29, 1.82) is 0 Å². The Balaban J connectivity index is 0.00000167. The molecule has 0 bridgehead atoms. The number of hydrogen-bond acceptors (Lipinski definition) is 7. The van der Waals surface area contributed by atoms with Crippen molar-refractivity contribution in [2.45, 2.75) is 58.0 Å². The Morgan fingerprint density at radius 1 is 1.14 bits per heavy atom. The molecule has 0 N–H and O–H groups in total. The number of hydrogen-bond donors (Lipinski definition) is 0. The standard InChI is InChI=1S/C24H32FN3O4S.C2H6/c1-3-32-20-13-26-24(27-14-20)28-9-4-5-18(8-10-28)21-12-19(21)16-31-15-17-6-7-23(22(25)11-17)33(2,29)30;1-2/h6-7,11,13-14,18-19,21H,3-5,8-10,12,15-16H2,1-2H3;1-2H3. The molecule has 9 heteroatoms. The van der Waals surface area contributed by atoms with Crippen LogP contribution in [0.2, 0.25) is 0 Å². The number of anilines is 1. The fourth-order valence-corrected chi connectivity index (χ4v) is 5.50. The number of aromatic nitrogens is 2. The van der Waals surface area contributed by atoms with E-state index >= 15 is 0 Å². The van der Waals surface area contributed by atoms with Gasteiger partial charge in [0.05, 0.1) is 32.2 Å². The minimum absolute atomic E-state index is 0.272. The first-order chi connectivity index (χ1) is 16.8. The van der Waals surface area contributed by atoms with Crippen molar-refractivity contribution in [2.24, 2.45) is 17.8 Å². The van der Waals surface area contributed by atoms with Gasteiger partial charge < -0.3 is 14.4 Å². The van der Waals surface area contributed by atoms with Crippen LogP contribution in [0, 0.1) is 23.6 Å². The van der Waals surface area contributed by atoms with E-state index in [2.05, 4.69) is 14.9 Å². The summed E-state index contributed by atoms with van der Waals surface area (Å²) >= 11 is 0. The third-order valence-corrected chi connectivity index (χ3v) is 7.69. The summed E-state index contributed by atoms with van der Waals surface area (Å²) < 4.78 is 48.4. The van der Waals surface area contributed by atoms with Gasteiger partial charge in [-0.2, -0.15) is 0 Å². The maximum Gasteiger partial charge on any atom is 0.225 e. The van der Waals surface area contributed by atoms with Crippen LogP contribution in [0.25, 0.3) is 0 Å². The zero-order valence-electron chi connectivity index (χ0n) is 21.2. The summed E-state index contributed by atoms with van der Waals surface area (Å²) in [6.45, 7) is 9.41. The Morgan fingerprint density at radius 2 is 1.89 bits per heavy atom. The van der Waals surface area contributed by atoms with E-state index in [9.17, 15) is 12.8 Å². The molecule has 35 heavy (non-hydrogen) atoms. The molecule has 0 radical (unpaired) electrons. The van der Waals surface area contributed by atoms with Gasteiger partial charge in [-0.05, 0) is 68.1 Å². The van der Waals surface area contributed by atoms with Gasteiger partial charge in [0.15, 0.2) is 15.6 Å². The molecular formula is C26H38FN3O4S. The molecule has 0 amide bonds. The largest absolute Gasteiger partial charge is 0.491 e. The van der Waals surface area contributed by atoms with Crippen LogP contribution in [-0.2, 0) is 21.2 Å². The zero-order chi connectivity index (χ0) is 25.4. The average Bonchev–Trinajstić information content (AvgIpc) is 3.63. The maximum absolute atomic E-state index is 14.0. The summed E-state index contributed by atoms with van der Waals surface area (Å²) in [6.07, 6.45) is 9.10. The van der Waals surface area contributed by atoms with Crippen LogP contribution in [0.1, 0.15) is 52.0 Å². The molecule has 194 valence electrons. The van der Waals surface area contributed by atoms with E-state index in [1.165, 1.54) is 25.0 Å². The summed E-state index contributed by atoms with van der Waals surface area (Å²) in [4.78, 5) is 10.9. The van der Waals surface area contributed by atoms with Crippen molar-refractivity contribution in [2.75, 3.05) is 37.5 Å². The second-order valence-electron chi connectivity index (χ2n) is 9.04. The molecule has 2 heterocycles. The number of sulfone groups is 1. The van der Waals surface area contributed by atoms with Gasteiger partial charge in [0.25, 0.3) is 0 Å². The highest BCUT2D eigenvalue weighted by Gasteiger charge is 2.43. The quantitative estimate of drug-likeness (QED) is 0.477. The smallest absolute Gasteiger partial charge is 0.225 e. The second kappa shape index (κ2) is 12.6. The highest BCUT2D eigenvalue weighted by Crippen LogP contribution is 2.48. The fraction of sp³-hybridized carbons (Fsp3) is 0.615. The summed E-state index contributed by atoms with van der Waals surface area (Å²) in [7, 11) is -3.56. The minimum Gasteiger partial charge on any atom is -0.491 e. The summed E-state index contributed by atoms with van der Waals surface area (Å²) in [6, 6.07) is 4.19. The number of ether oxygens (including phenoxy) is 2. The number of rotatable bonds is 9. The zero-order valence-corrected chi connectivity index (χ0v) is 22.1. The lowest BCUT2D eigenvalue weighted by atomic mass is 9.94. The molecule has 7 nitrogen and oxygen atoms in total. The van der Waals surface area contributed by atoms with Crippen molar-refractivity contribution in [3.05, 3.63) is 42.0 Å². The summed E-state index contributed by atoms with van der Waals surface area (Å²) in [5, 5.41) is 0. The van der Waals surface area contributed by atoms with Gasteiger partial charge in [-0.25, -0.2) is 22.8 Å². The topological polar surface area (TPSA) is 81.6 Å². The highest BCUT2D eigenvalue weighted by atomic mass is 32.2. The van der Waals surface area contributed by atoms with Crippen LogP contribution >= 0.6 is 0 Å². The van der Waals surface area contributed by atoms with E-state index in [1.54, 1.807) is 18.5 Å². The van der Waals surface area contributed by atoms with Crippen molar-refractivity contribution in [1.82, 2.24) is 9.97 Å². The molecule has 1 aliphatic carbocycles. The second-order valence-corrected chi connectivity index (χ2v) is 11.0. The van der Waals surface area contributed by atoms with Gasteiger partial charge in [0.1, 0.15) is 10.7 Å². The van der Waals surface area contributed by atoms with Crippen LogP contribution in [0.5, 0.6) is 5.75 Å². The summed E-state index contributed by atoms with van der Waals surface area (Å²) in [5.41, 5.74) is 0.651. The molecule has 1 aromatic carbocycles. The number of nitrogens with zero attached hydrogens (tertiary/aromatic N) is 3. The van der Waals surface area contributed by atoms with E-state index in [0.29, 0.717) is 42.3 Å². The van der Waals surface area contributed by atoms with E-state index < -0.39 is 15.7 Å². The summed E-state index contributed by atoms with van der Waals surface area (Å²) in [5.74, 6) is 2.65.